The number of hydrogen-bond donors (Lipinski definition) is 1. The summed E-state index contributed by atoms with van der Waals surface area (Å²) in [6.07, 6.45) is 0. The molecule has 0 aliphatic heterocycles. The molecule has 7 nitrogen and oxygen atoms in total. The fourth-order valence-corrected chi connectivity index (χ4v) is 1.83. The van der Waals surface area contributed by atoms with E-state index >= 15 is 0 Å². The molecule has 1 aromatic heterocycles. The van der Waals surface area contributed by atoms with E-state index in [4.69, 9.17) is 0 Å². The first-order valence-corrected chi connectivity index (χ1v) is 5.46. The van der Waals surface area contributed by atoms with Crippen LogP contribution in [-0.2, 0) is 7.05 Å². The summed E-state index contributed by atoms with van der Waals surface area (Å²) in [5, 5.41) is 13.3. The van der Waals surface area contributed by atoms with Crippen molar-refractivity contribution in [3.05, 3.63) is 61.6 Å². The number of nitro benzene ring substituents is 1. The maximum absolute atomic E-state index is 12.2. The standard InChI is InChI=1S/C12H11N3O4/c1-7-10(12(17)14(2)13-7)11(16)8-3-5-9(6-4-8)15(18)19/h3-6,13H,1-2H3. The summed E-state index contributed by atoms with van der Waals surface area (Å²) in [6.45, 7) is 1.63. The summed E-state index contributed by atoms with van der Waals surface area (Å²) in [5.74, 6) is -0.450. The van der Waals surface area contributed by atoms with Gasteiger partial charge in [-0.15, -0.1) is 0 Å². The minimum atomic E-state index is -0.547. The molecule has 0 saturated carbocycles. The van der Waals surface area contributed by atoms with Crippen molar-refractivity contribution in [1.29, 1.82) is 0 Å². The van der Waals surface area contributed by atoms with Crippen LogP contribution < -0.4 is 5.56 Å². The molecule has 1 aromatic carbocycles. The van der Waals surface area contributed by atoms with Crippen LogP contribution in [0.15, 0.2) is 29.1 Å². The Morgan fingerprint density at radius 1 is 1.32 bits per heavy atom. The maximum atomic E-state index is 12.2. The molecule has 0 aliphatic carbocycles. The number of aromatic amines is 1. The largest absolute Gasteiger partial charge is 0.299 e. The summed E-state index contributed by atoms with van der Waals surface area (Å²) >= 11 is 0. The smallest absolute Gasteiger partial charge is 0.277 e. The number of carbonyl (C=O) groups excluding carboxylic acids is 1. The SMILES string of the molecule is Cc1[nH]n(C)c(=O)c1C(=O)c1ccc([N+](=O)[O-])cc1. The molecule has 1 N–H and O–H groups in total. The molecule has 0 unspecified atom stereocenters. The fraction of sp³-hybridized carbons (Fsp3) is 0.167. The summed E-state index contributed by atoms with van der Waals surface area (Å²) in [7, 11) is 1.52. The van der Waals surface area contributed by atoms with Gasteiger partial charge in [-0.25, -0.2) is 0 Å². The minimum absolute atomic E-state index is 0.0522. The number of non-ortho nitro benzene ring substituents is 1. The summed E-state index contributed by atoms with van der Waals surface area (Å²) in [4.78, 5) is 33.9. The Hall–Kier alpha value is -2.70. The lowest BCUT2D eigenvalue weighted by Crippen LogP contribution is -2.19. The maximum Gasteiger partial charge on any atom is 0.277 e. The number of aryl methyl sites for hydroxylation is 2. The molecule has 0 amide bonds. The Morgan fingerprint density at radius 3 is 2.32 bits per heavy atom. The van der Waals surface area contributed by atoms with Crippen molar-refractivity contribution in [3.8, 4) is 0 Å². The first-order chi connectivity index (χ1) is 8.91. The van der Waals surface area contributed by atoms with Gasteiger partial charge in [-0.3, -0.25) is 29.5 Å². The van der Waals surface area contributed by atoms with Crippen LogP contribution >= 0.6 is 0 Å². The van der Waals surface area contributed by atoms with Crippen LogP contribution in [0, 0.1) is 17.0 Å². The van der Waals surface area contributed by atoms with E-state index in [1.54, 1.807) is 6.92 Å². The fourth-order valence-electron chi connectivity index (χ4n) is 1.83. The zero-order valence-electron chi connectivity index (χ0n) is 10.3. The molecule has 0 aliphatic rings. The van der Waals surface area contributed by atoms with Crippen molar-refractivity contribution in [2.45, 2.75) is 6.92 Å². The van der Waals surface area contributed by atoms with E-state index in [1.807, 2.05) is 0 Å². The third-order valence-electron chi connectivity index (χ3n) is 2.80. The van der Waals surface area contributed by atoms with Crippen LogP contribution in [0.1, 0.15) is 21.6 Å². The Morgan fingerprint density at radius 2 is 1.89 bits per heavy atom. The molecule has 0 fully saturated rings. The van der Waals surface area contributed by atoms with Crippen molar-refractivity contribution < 1.29 is 9.72 Å². The predicted octanol–water partition coefficient (Wildman–Crippen LogP) is 1.16. The summed E-state index contributed by atoms with van der Waals surface area (Å²) in [5.41, 5.74) is 0.244. The van der Waals surface area contributed by atoms with Crippen molar-refractivity contribution >= 4 is 11.5 Å². The van der Waals surface area contributed by atoms with Crippen molar-refractivity contribution in [3.63, 3.8) is 0 Å². The normalized spacial score (nSPS) is 10.4. The van der Waals surface area contributed by atoms with E-state index in [9.17, 15) is 19.7 Å². The first-order valence-electron chi connectivity index (χ1n) is 5.46. The van der Waals surface area contributed by atoms with E-state index in [0.29, 0.717) is 5.69 Å². The lowest BCUT2D eigenvalue weighted by molar-refractivity contribution is -0.384. The lowest BCUT2D eigenvalue weighted by Gasteiger charge is -1.98. The third-order valence-corrected chi connectivity index (χ3v) is 2.80. The van der Waals surface area contributed by atoms with Crippen LogP contribution in [-0.4, -0.2) is 20.5 Å². The number of nitrogens with zero attached hydrogens (tertiary/aromatic N) is 2. The Bertz CT molecular complexity index is 710. The summed E-state index contributed by atoms with van der Waals surface area (Å²) < 4.78 is 1.22. The topological polar surface area (TPSA) is 98.0 Å². The van der Waals surface area contributed by atoms with Crippen LogP contribution in [0.4, 0.5) is 5.69 Å². The Labute approximate surface area is 107 Å². The highest BCUT2D eigenvalue weighted by Gasteiger charge is 2.19. The molecule has 0 bridgehead atoms. The number of ketones is 1. The van der Waals surface area contributed by atoms with Gasteiger partial charge in [0.2, 0.25) is 0 Å². The van der Waals surface area contributed by atoms with E-state index in [0.717, 1.165) is 0 Å². The summed E-state index contributed by atoms with van der Waals surface area (Å²) in [6, 6.07) is 5.15. The van der Waals surface area contributed by atoms with Crippen molar-refractivity contribution in [2.24, 2.45) is 7.05 Å². The number of hydrogen-bond acceptors (Lipinski definition) is 4. The van der Waals surface area contributed by atoms with E-state index in [1.165, 1.54) is 36.0 Å². The number of nitrogens with one attached hydrogen (secondary N) is 1. The number of H-pyrrole nitrogens is 1. The minimum Gasteiger partial charge on any atom is -0.299 e. The first kappa shape index (κ1) is 12.7. The second-order valence-corrected chi connectivity index (χ2v) is 4.11. The van der Waals surface area contributed by atoms with Crippen molar-refractivity contribution in [1.82, 2.24) is 9.78 Å². The zero-order valence-corrected chi connectivity index (χ0v) is 10.3. The second kappa shape index (κ2) is 4.52. The highest BCUT2D eigenvalue weighted by Crippen LogP contribution is 2.15. The second-order valence-electron chi connectivity index (χ2n) is 4.11. The van der Waals surface area contributed by atoms with Crippen molar-refractivity contribution in [2.75, 3.05) is 0 Å². The van der Waals surface area contributed by atoms with Gasteiger partial charge in [-0.05, 0) is 19.1 Å². The molecule has 0 atom stereocenters. The number of nitro groups is 1. The molecule has 0 saturated heterocycles. The molecule has 2 aromatic rings. The molecular formula is C12H11N3O4. The molecular weight excluding hydrogens is 250 g/mol. The van der Waals surface area contributed by atoms with Gasteiger partial charge < -0.3 is 0 Å². The molecule has 1 heterocycles. The number of aromatic nitrogens is 2. The quantitative estimate of drug-likeness (QED) is 0.509. The van der Waals surface area contributed by atoms with Crippen LogP contribution in [0.25, 0.3) is 0 Å². The van der Waals surface area contributed by atoms with Gasteiger partial charge in [-0.1, -0.05) is 0 Å². The zero-order chi connectivity index (χ0) is 14.2. The van der Waals surface area contributed by atoms with E-state index < -0.39 is 16.3 Å². The molecule has 2 rings (SSSR count). The van der Waals surface area contributed by atoms with E-state index in [-0.39, 0.29) is 16.8 Å². The third kappa shape index (κ3) is 2.17. The number of benzene rings is 1. The predicted molar refractivity (Wildman–Crippen MR) is 67.3 cm³/mol. The molecule has 0 radical (unpaired) electrons. The van der Waals surface area contributed by atoms with Gasteiger partial charge >= 0.3 is 0 Å². The van der Waals surface area contributed by atoms with E-state index in [2.05, 4.69) is 5.10 Å². The number of carbonyl (C=O) groups is 1. The van der Waals surface area contributed by atoms with Crippen LogP contribution in [0.3, 0.4) is 0 Å². The Kier molecular flexibility index (Phi) is 3.04. The molecule has 98 valence electrons. The lowest BCUT2D eigenvalue weighted by atomic mass is 10.0. The van der Waals surface area contributed by atoms with Gasteiger partial charge in [0.1, 0.15) is 5.56 Å². The average Bonchev–Trinajstić information content (AvgIpc) is 2.62. The number of rotatable bonds is 3. The average molecular weight is 261 g/mol. The van der Waals surface area contributed by atoms with Crippen LogP contribution in [0.5, 0.6) is 0 Å². The van der Waals surface area contributed by atoms with Crippen LogP contribution in [0.2, 0.25) is 0 Å². The van der Waals surface area contributed by atoms with Gasteiger partial charge in [0.05, 0.1) is 4.92 Å². The molecule has 19 heavy (non-hydrogen) atoms. The van der Waals surface area contributed by atoms with Gasteiger partial charge in [-0.2, -0.15) is 0 Å². The highest BCUT2D eigenvalue weighted by molar-refractivity contribution is 6.09. The molecule has 7 heteroatoms. The van der Waals surface area contributed by atoms with Gasteiger partial charge in [0.15, 0.2) is 5.78 Å². The van der Waals surface area contributed by atoms with Gasteiger partial charge in [0.25, 0.3) is 11.2 Å². The van der Waals surface area contributed by atoms with Gasteiger partial charge in [0, 0.05) is 30.4 Å². The Balaban J connectivity index is 2.44. The monoisotopic (exact) mass is 261 g/mol. The molecule has 0 spiro atoms. The highest BCUT2D eigenvalue weighted by atomic mass is 16.6.